The van der Waals surface area contributed by atoms with E-state index in [4.69, 9.17) is 0 Å². The van der Waals surface area contributed by atoms with Gasteiger partial charge in [-0.25, -0.2) is 4.79 Å². The van der Waals surface area contributed by atoms with Crippen LogP contribution in [0.1, 0.15) is 37.0 Å². The van der Waals surface area contributed by atoms with Gasteiger partial charge in [0.15, 0.2) is 0 Å². The van der Waals surface area contributed by atoms with E-state index in [2.05, 4.69) is 12.2 Å². The van der Waals surface area contributed by atoms with Crippen LogP contribution in [-0.4, -0.2) is 30.6 Å². The molecule has 1 rings (SSSR count). The summed E-state index contributed by atoms with van der Waals surface area (Å²) in [6.45, 7) is 4.28. The Bertz CT molecular complexity index is 472. The first-order valence-corrected chi connectivity index (χ1v) is 6.31. The highest BCUT2D eigenvalue weighted by molar-refractivity contribution is 5.97. The van der Waals surface area contributed by atoms with Crippen molar-refractivity contribution in [1.82, 2.24) is 0 Å². The third-order valence-electron chi connectivity index (χ3n) is 2.81. The summed E-state index contributed by atoms with van der Waals surface area (Å²) < 4.78 is 0. The summed E-state index contributed by atoms with van der Waals surface area (Å²) in [5.41, 5.74) is 1.36. The van der Waals surface area contributed by atoms with Gasteiger partial charge in [0, 0.05) is 26.2 Å². The Labute approximate surface area is 113 Å². The summed E-state index contributed by atoms with van der Waals surface area (Å²) in [5.74, 6) is -1.21. The fraction of sp³-hybridized carbons (Fsp3) is 0.429. The van der Waals surface area contributed by atoms with Crippen LogP contribution in [0, 0.1) is 0 Å². The second-order valence-electron chi connectivity index (χ2n) is 4.49. The Hall–Kier alpha value is -2.04. The van der Waals surface area contributed by atoms with Crippen LogP contribution in [0.4, 0.5) is 11.4 Å². The molecular formula is C14H20N2O3. The molecule has 5 heteroatoms. The van der Waals surface area contributed by atoms with Crippen molar-refractivity contribution in [3.8, 4) is 0 Å². The zero-order chi connectivity index (χ0) is 14.4. The molecule has 1 aromatic rings. The van der Waals surface area contributed by atoms with Crippen LogP contribution in [0.3, 0.4) is 0 Å². The molecule has 0 aliphatic heterocycles. The molecule has 1 aromatic carbocycles. The number of hydrogen-bond acceptors (Lipinski definition) is 3. The third kappa shape index (κ3) is 4.28. The Morgan fingerprint density at radius 1 is 1.37 bits per heavy atom. The van der Waals surface area contributed by atoms with Gasteiger partial charge < -0.3 is 15.3 Å². The predicted molar refractivity (Wildman–Crippen MR) is 75.9 cm³/mol. The largest absolute Gasteiger partial charge is 0.478 e. The minimum absolute atomic E-state index is 0.199. The van der Waals surface area contributed by atoms with Crippen molar-refractivity contribution < 1.29 is 14.7 Å². The van der Waals surface area contributed by atoms with E-state index >= 15 is 0 Å². The zero-order valence-electron chi connectivity index (χ0n) is 11.6. The summed E-state index contributed by atoms with van der Waals surface area (Å²) in [7, 11) is 1.87. The standard InChI is InChI=1S/C14H20N2O3/c1-4-5-8-16(3)13-7-6-11(15-10(2)17)9-12(13)14(18)19/h6-7,9H,4-5,8H2,1-3H3,(H,15,17)(H,18,19). The number of anilines is 2. The molecule has 0 saturated carbocycles. The lowest BCUT2D eigenvalue weighted by atomic mass is 10.1. The van der Waals surface area contributed by atoms with Gasteiger partial charge in [0.2, 0.25) is 5.91 Å². The number of carboxylic acids is 1. The number of aromatic carboxylic acids is 1. The van der Waals surface area contributed by atoms with Gasteiger partial charge in [0.25, 0.3) is 0 Å². The summed E-state index contributed by atoms with van der Waals surface area (Å²) in [6, 6.07) is 4.93. The SMILES string of the molecule is CCCCN(C)c1ccc(NC(C)=O)cc1C(=O)O. The van der Waals surface area contributed by atoms with E-state index in [-0.39, 0.29) is 11.5 Å². The lowest BCUT2D eigenvalue weighted by Crippen LogP contribution is -2.21. The van der Waals surface area contributed by atoms with Crippen molar-refractivity contribution >= 4 is 23.3 Å². The fourth-order valence-corrected chi connectivity index (χ4v) is 1.84. The molecule has 0 radical (unpaired) electrons. The van der Waals surface area contributed by atoms with Gasteiger partial charge in [0.1, 0.15) is 0 Å². The first kappa shape index (κ1) is 15.0. The van der Waals surface area contributed by atoms with Crippen LogP contribution in [0.25, 0.3) is 0 Å². The lowest BCUT2D eigenvalue weighted by molar-refractivity contribution is -0.114. The molecule has 104 valence electrons. The van der Waals surface area contributed by atoms with Crippen molar-refractivity contribution in [3.05, 3.63) is 23.8 Å². The quantitative estimate of drug-likeness (QED) is 0.828. The van der Waals surface area contributed by atoms with Crippen LogP contribution < -0.4 is 10.2 Å². The van der Waals surface area contributed by atoms with E-state index in [0.717, 1.165) is 19.4 Å². The molecule has 0 fully saturated rings. The number of nitrogens with zero attached hydrogens (tertiary/aromatic N) is 1. The summed E-state index contributed by atoms with van der Waals surface area (Å²) in [6.07, 6.45) is 2.06. The van der Waals surface area contributed by atoms with Gasteiger partial charge in [0.05, 0.1) is 11.3 Å². The maximum Gasteiger partial charge on any atom is 0.337 e. The topological polar surface area (TPSA) is 69.6 Å². The normalized spacial score (nSPS) is 10.1. The molecule has 2 N–H and O–H groups in total. The zero-order valence-corrected chi connectivity index (χ0v) is 11.6. The maximum atomic E-state index is 11.3. The van der Waals surface area contributed by atoms with Crippen LogP contribution in [0.15, 0.2) is 18.2 Å². The molecule has 0 saturated heterocycles. The minimum Gasteiger partial charge on any atom is -0.478 e. The highest BCUT2D eigenvalue weighted by atomic mass is 16.4. The monoisotopic (exact) mass is 264 g/mol. The maximum absolute atomic E-state index is 11.3. The molecule has 0 heterocycles. The highest BCUT2D eigenvalue weighted by Gasteiger charge is 2.14. The van der Waals surface area contributed by atoms with E-state index in [0.29, 0.717) is 11.4 Å². The molecule has 0 spiro atoms. The number of unbranched alkanes of at least 4 members (excludes halogenated alkanes) is 1. The molecular weight excluding hydrogens is 244 g/mol. The summed E-state index contributed by atoms with van der Waals surface area (Å²) in [4.78, 5) is 24.2. The Balaban J connectivity index is 3.04. The smallest absolute Gasteiger partial charge is 0.337 e. The highest BCUT2D eigenvalue weighted by Crippen LogP contribution is 2.24. The average molecular weight is 264 g/mol. The van der Waals surface area contributed by atoms with Crippen molar-refractivity contribution in [1.29, 1.82) is 0 Å². The van der Waals surface area contributed by atoms with Crippen LogP contribution in [-0.2, 0) is 4.79 Å². The van der Waals surface area contributed by atoms with E-state index in [9.17, 15) is 14.7 Å². The number of carboxylic acid groups (broad SMARTS) is 1. The molecule has 0 atom stereocenters. The molecule has 5 nitrogen and oxygen atoms in total. The van der Waals surface area contributed by atoms with Gasteiger partial charge in [-0.3, -0.25) is 4.79 Å². The van der Waals surface area contributed by atoms with Gasteiger partial charge in [-0.1, -0.05) is 13.3 Å². The first-order chi connectivity index (χ1) is 8.95. The van der Waals surface area contributed by atoms with E-state index in [1.54, 1.807) is 12.1 Å². The van der Waals surface area contributed by atoms with Crippen molar-refractivity contribution in [2.75, 3.05) is 23.8 Å². The van der Waals surface area contributed by atoms with Crippen molar-refractivity contribution in [2.24, 2.45) is 0 Å². The number of nitrogens with one attached hydrogen (secondary N) is 1. The second kappa shape index (κ2) is 6.78. The summed E-state index contributed by atoms with van der Waals surface area (Å²) >= 11 is 0. The van der Waals surface area contributed by atoms with Crippen molar-refractivity contribution in [3.63, 3.8) is 0 Å². The molecule has 0 aliphatic carbocycles. The number of amides is 1. The average Bonchev–Trinajstić information content (AvgIpc) is 2.35. The predicted octanol–water partition coefficient (Wildman–Crippen LogP) is 2.58. The van der Waals surface area contributed by atoms with E-state index in [1.807, 2.05) is 11.9 Å². The van der Waals surface area contributed by atoms with Gasteiger partial charge in [-0.05, 0) is 24.6 Å². The molecule has 0 aliphatic rings. The van der Waals surface area contributed by atoms with Crippen LogP contribution in [0.2, 0.25) is 0 Å². The van der Waals surface area contributed by atoms with E-state index < -0.39 is 5.97 Å². The van der Waals surface area contributed by atoms with Gasteiger partial charge in [-0.2, -0.15) is 0 Å². The first-order valence-electron chi connectivity index (χ1n) is 6.31. The molecule has 0 aromatic heterocycles. The third-order valence-corrected chi connectivity index (χ3v) is 2.81. The Morgan fingerprint density at radius 3 is 2.58 bits per heavy atom. The fourth-order valence-electron chi connectivity index (χ4n) is 1.84. The lowest BCUT2D eigenvalue weighted by Gasteiger charge is -2.21. The molecule has 19 heavy (non-hydrogen) atoms. The molecule has 1 amide bonds. The summed E-state index contributed by atoms with van der Waals surface area (Å²) in [5, 5.41) is 11.8. The minimum atomic E-state index is -0.995. The van der Waals surface area contributed by atoms with Gasteiger partial charge in [-0.15, -0.1) is 0 Å². The van der Waals surface area contributed by atoms with Crippen molar-refractivity contribution in [2.45, 2.75) is 26.7 Å². The van der Waals surface area contributed by atoms with Crippen LogP contribution in [0.5, 0.6) is 0 Å². The number of carbonyl (C=O) groups is 2. The molecule has 0 bridgehead atoms. The van der Waals surface area contributed by atoms with Gasteiger partial charge >= 0.3 is 5.97 Å². The Kier molecular flexibility index (Phi) is 5.36. The Morgan fingerprint density at radius 2 is 2.05 bits per heavy atom. The number of rotatable bonds is 6. The second-order valence-corrected chi connectivity index (χ2v) is 4.49. The number of carbonyl (C=O) groups excluding carboxylic acids is 1. The molecule has 0 unspecified atom stereocenters. The van der Waals surface area contributed by atoms with Crippen LogP contribution >= 0.6 is 0 Å². The number of hydrogen-bond donors (Lipinski definition) is 2. The number of benzene rings is 1. The van der Waals surface area contributed by atoms with E-state index in [1.165, 1.54) is 13.0 Å².